The molecule has 0 atom stereocenters. The number of nitrogens with two attached hydrogens (primary N) is 1. The molecule has 2 heteroatoms. The van der Waals surface area contributed by atoms with Crippen LogP contribution in [0.4, 0.5) is 10.1 Å². The van der Waals surface area contributed by atoms with Gasteiger partial charge in [-0.05, 0) is 45.7 Å². The van der Waals surface area contributed by atoms with Gasteiger partial charge in [0, 0.05) is 11.3 Å². The number of rotatable bonds is 2. The molecule has 1 nitrogen and oxygen atoms in total. The molecule has 0 spiro atoms. The number of benzene rings is 4. The van der Waals surface area contributed by atoms with Crippen LogP contribution < -0.4 is 5.73 Å². The zero-order valence-electron chi connectivity index (χ0n) is 13.0. The third kappa shape index (κ3) is 2.42. The molecule has 0 fully saturated rings. The largest absolute Gasteiger partial charge is 0.398 e. The van der Waals surface area contributed by atoms with Crippen LogP contribution >= 0.6 is 0 Å². The zero-order chi connectivity index (χ0) is 16.5. The molecule has 0 aliphatic carbocycles. The fourth-order valence-corrected chi connectivity index (χ4v) is 3.18. The minimum Gasteiger partial charge on any atom is -0.398 e. The second-order valence-electron chi connectivity index (χ2n) is 5.80. The summed E-state index contributed by atoms with van der Waals surface area (Å²) >= 11 is 0. The Morgan fingerprint density at radius 2 is 1.21 bits per heavy atom. The molecule has 0 amide bonds. The lowest BCUT2D eigenvalue weighted by Gasteiger charge is -2.14. The molecular formula is C22H16FN. The molecule has 0 unspecified atom stereocenters. The number of hydrogen-bond acceptors (Lipinski definition) is 1. The van der Waals surface area contributed by atoms with E-state index in [9.17, 15) is 4.39 Å². The predicted molar refractivity (Wildman–Crippen MR) is 99.2 cm³/mol. The molecule has 4 aromatic carbocycles. The molecule has 0 bridgehead atoms. The molecule has 0 heterocycles. The van der Waals surface area contributed by atoms with E-state index in [2.05, 4.69) is 24.3 Å². The summed E-state index contributed by atoms with van der Waals surface area (Å²) in [5.41, 5.74) is 11.1. The second kappa shape index (κ2) is 5.82. The van der Waals surface area contributed by atoms with Crippen LogP contribution in [0, 0.1) is 5.82 Å². The maximum Gasteiger partial charge on any atom is 0.123 e. The van der Waals surface area contributed by atoms with Crippen LogP contribution in [0.5, 0.6) is 0 Å². The monoisotopic (exact) mass is 313 g/mol. The first kappa shape index (κ1) is 14.5. The van der Waals surface area contributed by atoms with Crippen LogP contribution in [0.15, 0.2) is 84.9 Å². The van der Waals surface area contributed by atoms with Crippen molar-refractivity contribution < 1.29 is 4.39 Å². The molecule has 0 saturated heterocycles. The van der Waals surface area contributed by atoms with E-state index in [1.807, 2.05) is 48.5 Å². The SMILES string of the molecule is Nc1ccccc1-c1cccc2cccc(-c3ccc(F)cc3)c12. The summed E-state index contributed by atoms with van der Waals surface area (Å²) in [5.74, 6) is -0.230. The van der Waals surface area contributed by atoms with E-state index < -0.39 is 0 Å². The van der Waals surface area contributed by atoms with Gasteiger partial charge >= 0.3 is 0 Å². The van der Waals surface area contributed by atoms with Gasteiger partial charge in [-0.25, -0.2) is 4.39 Å². The average Bonchev–Trinajstić information content (AvgIpc) is 2.62. The van der Waals surface area contributed by atoms with E-state index in [0.29, 0.717) is 0 Å². The normalized spacial score (nSPS) is 10.9. The van der Waals surface area contributed by atoms with Crippen LogP contribution in [-0.2, 0) is 0 Å². The number of nitrogen functional groups attached to an aromatic ring is 1. The summed E-state index contributed by atoms with van der Waals surface area (Å²) in [4.78, 5) is 0. The van der Waals surface area contributed by atoms with Gasteiger partial charge in [0.05, 0.1) is 0 Å². The van der Waals surface area contributed by atoms with Gasteiger partial charge in [0.1, 0.15) is 5.82 Å². The molecule has 0 aliphatic rings. The van der Waals surface area contributed by atoms with Gasteiger partial charge in [0.2, 0.25) is 0 Å². The number of hydrogen-bond donors (Lipinski definition) is 1. The Bertz CT molecular complexity index is 1010. The van der Waals surface area contributed by atoms with Crippen molar-refractivity contribution in [1.82, 2.24) is 0 Å². The van der Waals surface area contributed by atoms with Crippen molar-refractivity contribution in [2.24, 2.45) is 0 Å². The summed E-state index contributed by atoms with van der Waals surface area (Å²) in [6, 6.07) is 26.9. The second-order valence-corrected chi connectivity index (χ2v) is 5.80. The maximum atomic E-state index is 13.3. The van der Waals surface area contributed by atoms with Crippen LogP contribution in [0.25, 0.3) is 33.0 Å². The zero-order valence-corrected chi connectivity index (χ0v) is 13.0. The predicted octanol–water partition coefficient (Wildman–Crippen LogP) is 5.90. The molecule has 0 aromatic heterocycles. The lowest BCUT2D eigenvalue weighted by atomic mass is 9.91. The van der Waals surface area contributed by atoms with Crippen molar-refractivity contribution in [2.75, 3.05) is 5.73 Å². The van der Waals surface area contributed by atoms with Gasteiger partial charge in [-0.15, -0.1) is 0 Å². The van der Waals surface area contributed by atoms with Crippen molar-refractivity contribution >= 4 is 16.5 Å². The topological polar surface area (TPSA) is 26.0 Å². The highest BCUT2D eigenvalue weighted by Crippen LogP contribution is 2.38. The lowest BCUT2D eigenvalue weighted by molar-refractivity contribution is 0.628. The number of fused-ring (bicyclic) bond motifs is 1. The highest BCUT2D eigenvalue weighted by atomic mass is 19.1. The Kier molecular flexibility index (Phi) is 3.51. The Balaban J connectivity index is 2.06. The van der Waals surface area contributed by atoms with Gasteiger partial charge in [-0.3, -0.25) is 0 Å². The van der Waals surface area contributed by atoms with Crippen molar-refractivity contribution in [1.29, 1.82) is 0 Å². The van der Waals surface area contributed by atoms with Gasteiger partial charge < -0.3 is 5.73 Å². The molecule has 0 aliphatic heterocycles. The number of anilines is 1. The van der Waals surface area contributed by atoms with Gasteiger partial charge in [-0.2, -0.15) is 0 Å². The van der Waals surface area contributed by atoms with E-state index in [0.717, 1.165) is 38.7 Å². The van der Waals surface area contributed by atoms with Gasteiger partial charge in [0.25, 0.3) is 0 Å². The standard InChI is InChI=1S/C22H16FN/c23-17-13-11-15(12-14-17)18-8-3-5-16-6-4-9-20(22(16)18)19-7-1-2-10-21(19)24/h1-14H,24H2. The van der Waals surface area contributed by atoms with Crippen LogP contribution in [0.1, 0.15) is 0 Å². The summed E-state index contributed by atoms with van der Waals surface area (Å²) in [6.45, 7) is 0. The first-order valence-electron chi connectivity index (χ1n) is 7.86. The van der Waals surface area contributed by atoms with Crippen molar-refractivity contribution in [2.45, 2.75) is 0 Å². The van der Waals surface area contributed by atoms with Gasteiger partial charge in [0.15, 0.2) is 0 Å². The number of halogens is 1. The van der Waals surface area contributed by atoms with Gasteiger partial charge in [-0.1, -0.05) is 66.7 Å². The smallest absolute Gasteiger partial charge is 0.123 e. The fourth-order valence-electron chi connectivity index (χ4n) is 3.18. The van der Waals surface area contributed by atoms with Crippen LogP contribution in [0.3, 0.4) is 0 Å². The van der Waals surface area contributed by atoms with Crippen molar-refractivity contribution in [3.05, 3.63) is 90.7 Å². The Morgan fingerprint density at radius 1 is 0.583 bits per heavy atom. The molecule has 2 N–H and O–H groups in total. The molecule has 4 rings (SSSR count). The van der Waals surface area contributed by atoms with Crippen molar-refractivity contribution in [3.8, 4) is 22.3 Å². The van der Waals surface area contributed by atoms with Crippen molar-refractivity contribution in [3.63, 3.8) is 0 Å². The Morgan fingerprint density at radius 3 is 1.92 bits per heavy atom. The number of para-hydroxylation sites is 1. The Labute approximate surface area is 140 Å². The summed E-state index contributed by atoms with van der Waals surface area (Å²) < 4.78 is 13.3. The molecule has 0 saturated carbocycles. The first-order chi connectivity index (χ1) is 11.7. The minimum atomic E-state index is -0.230. The third-order valence-corrected chi connectivity index (χ3v) is 4.31. The molecular weight excluding hydrogens is 297 g/mol. The highest BCUT2D eigenvalue weighted by molar-refractivity contribution is 6.07. The van der Waals surface area contributed by atoms with Crippen LogP contribution in [-0.4, -0.2) is 0 Å². The first-order valence-corrected chi connectivity index (χ1v) is 7.86. The highest BCUT2D eigenvalue weighted by Gasteiger charge is 2.11. The van der Waals surface area contributed by atoms with Crippen LogP contribution in [0.2, 0.25) is 0 Å². The van der Waals surface area contributed by atoms with E-state index >= 15 is 0 Å². The summed E-state index contributed by atoms with van der Waals surface area (Å²) in [7, 11) is 0. The quantitative estimate of drug-likeness (QED) is 0.458. The van der Waals surface area contributed by atoms with E-state index in [-0.39, 0.29) is 5.82 Å². The maximum absolute atomic E-state index is 13.3. The van der Waals surface area contributed by atoms with E-state index in [1.165, 1.54) is 12.1 Å². The Hall–Kier alpha value is -3.13. The molecule has 24 heavy (non-hydrogen) atoms. The minimum absolute atomic E-state index is 0.230. The lowest BCUT2D eigenvalue weighted by Crippen LogP contribution is -1.91. The third-order valence-electron chi connectivity index (χ3n) is 4.31. The average molecular weight is 313 g/mol. The van der Waals surface area contributed by atoms with E-state index in [1.54, 1.807) is 0 Å². The summed E-state index contributed by atoms with van der Waals surface area (Å²) in [5, 5.41) is 2.27. The fraction of sp³-hybridized carbons (Fsp3) is 0. The summed E-state index contributed by atoms with van der Waals surface area (Å²) in [6.07, 6.45) is 0. The molecule has 116 valence electrons. The molecule has 0 radical (unpaired) electrons. The molecule has 4 aromatic rings. The van der Waals surface area contributed by atoms with E-state index in [4.69, 9.17) is 5.73 Å².